The fourth-order valence-electron chi connectivity index (χ4n) is 9.67. The van der Waals surface area contributed by atoms with Crippen LogP contribution in [-0.4, -0.2) is 19.5 Å². The van der Waals surface area contributed by atoms with Crippen molar-refractivity contribution in [3.63, 3.8) is 0 Å². The molecule has 64 heavy (non-hydrogen) atoms. The summed E-state index contributed by atoms with van der Waals surface area (Å²) in [5.74, 6) is 1.80. The van der Waals surface area contributed by atoms with Crippen LogP contribution in [0.4, 0.5) is 0 Å². The first-order valence-corrected chi connectivity index (χ1v) is 23.0. The van der Waals surface area contributed by atoms with Crippen LogP contribution in [0, 0.1) is 0 Å². The van der Waals surface area contributed by atoms with Gasteiger partial charge in [-0.2, -0.15) is 0 Å². The summed E-state index contributed by atoms with van der Waals surface area (Å²) in [5.41, 5.74) is 10.1. The van der Waals surface area contributed by atoms with Gasteiger partial charge >= 0.3 is 0 Å². The number of hydrogen-bond donors (Lipinski definition) is 0. The number of nitrogens with zero attached hydrogens (tertiary/aromatic N) is 4. The predicted molar refractivity (Wildman–Crippen MR) is 269 cm³/mol. The van der Waals surface area contributed by atoms with Gasteiger partial charge in [0.2, 0.25) is 0 Å². The maximum Gasteiger partial charge on any atom is 0.164 e. The largest absolute Gasteiger partial charge is 0.456 e. The van der Waals surface area contributed by atoms with Crippen molar-refractivity contribution < 1.29 is 4.42 Å². The van der Waals surface area contributed by atoms with Gasteiger partial charge in [0.25, 0.3) is 0 Å². The molecule has 0 atom stereocenters. The average Bonchev–Trinajstić information content (AvgIpc) is 4.12. The van der Waals surface area contributed by atoms with Crippen molar-refractivity contribution >= 4 is 107 Å². The number of aromatic nitrogens is 4. The smallest absolute Gasteiger partial charge is 0.164 e. The van der Waals surface area contributed by atoms with Crippen LogP contribution in [0.1, 0.15) is 0 Å². The van der Waals surface area contributed by atoms with E-state index in [1.807, 2.05) is 47.7 Å². The number of para-hydroxylation sites is 2. The fraction of sp³-hybridized carbons (Fsp3) is 0. The van der Waals surface area contributed by atoms with Gasteiger partial charge in [-0.25, -0.2) is 15.0 Å². The van der Waals surface area contributed by atoms with Crippen LogP contribution in [0.15, 0.2) is 199 Å². The lowest BCUT2D eigenvalue weighted by Crippen LogP contribution is -2.01. The fourth-order valence-corrected chi connectivity index (χ4v) is 11.9. The van der Waals surface area contributed by atoms with Crippen LogP contribution in [0.3, 0.4) is 0 Å². The molecule has 0 amide bonds. The third-order valence-electron chi connectivity index (χ3n) is 12.6. The van der Waals surface area contributed by atoms with E-state index in [-0.39, 0.29) is 0 Å². The van der Waals surface area contributed by atoms with E-state index in [1.165, 1.54) is 62.2 Å². The number of furan rings is 1. The zero-order chi connectivity index (χ0) is 41.9. The highest BCUT2D eigenvalue weighted by atomic mass is 32.1. The Balaban J connectivity index is 0.999. The van der Waals surface area contributed by atoms with E-state index in [4.69, 9.17) is 19.4 Å². The standard InChI is InChI=1S/C57H32N4OS2/c1-2-12-33(13-3-1)55-58-56(36-22-25-40-39-15-5-9-19-48(39)62-49(40)31-36)60-57(59-55)37-30-47(54-42-17-7-11-21-51(42)64-53(54)32-37)61-45-18-8-4-14-38(45)43-28-34(23-26-46(43)61)35-24-27-52-44(29-35)41-16-6-10-20-50(41)63-52/h1-32H. The van der Waals surface area contributed by atoms with Crippen LogP contribution >= 0.6 is 22.7 Å². The molecule has 0 fully saturated rings. The molecule has 0 aliphatic carbocycles. The average molecular weight is 853 g/mol. The molecular weight excluding hydrogens is 821 g/mol. The van der Waals surface area contributed by atoms with Gasteiger partial charge in [0.15, 0.2) is 17.5 Å². The molecule has 5 aromatic heterocycles. The van der Waals surface area contributed by atoms with Crippen molar-refractivity contribution in [3.8, 4) is 51.0 Å². The zero-order valence-electron chi connectivity index (χ0n) is 34.0. The number of thiophene rings is 2. The maximum atomic E-state index is 6.34. The van der Waals surface area contributed by atoms with E-state index < -0.39 is 0 Å². The Morgan fingerprint density at radius 3 is 1.75 bits per heavy atom. The van der Waals surface area contributed by atoms with Gasteiger partial charge < -0.3 is 8.98 Å². The second kappa shape index (κ2) is 13.8. The Bertz CT molecular complexity index is 4210. The number of fused-ring (bicyclic) bond motifs is 12. The Morgan fingerprint density at radius 1 is 0.328 bits per heavy atom. The van der Waals surface area contributed by atoms with Crippen LogP contribution in [0.2, 0.25) is 0 Å². The molecular formula is C57H32N4OS2. The summed E-state index contributed by atoms with van der Waals surface area (Å²) in [6.07, 6.45) is 0. The zero-order valence-corrected chi connectivity index (χ0v) is 35.6. The first-order chi connectivity index (χ1) is 31.7. The highest BCUT2D eigenvalue weighted by Crippen LogP contribution is 2.45. The lowest BCUT2D eigenvalue weighted by Gasteiger charge is -2.14. The maximum absolute atomic E-state index is 6.34. The number of hydrogen-bond acceptors (Lipinski definition) is 6. The Morgan fingerprint density at radius 2 is 0.906 bits per heavy atom. The van der Waals surface area contributed by atoms with E-state index in [0.717, 1.165) is 55.3 Å². The van der Waals surface area contributed by atoms with Crippen molar-refractivity contribution in [2.24, 2.45) is 0 Å². The highest BCUT2D eigenvalue weighted by Gasteiger charge is 2.22. The number of benzene rings is 9. The van der Waals surface area contributed by atoms with Crippen molar-refractivity contribution in [1.82, 2.24) is 19.5 Å². The third kappa shape index (κ3) is 5.45. The Labute approximate surface area is 373 Å². The van der Waals surface area contributed by atoms with Gasteiger partial charge in [-0.1, -0.05) is 121 Å². The summed E-state index contributed by atoms with van der Waals surface area (Å²) in [7, 11) is 0. The number of rotatable bonds is 5. The van der Waals surface area contributed by atoms with Crippen molar-refractivity contribution in [2.45, 2.75) is 0 Å². The van der Waals surface area contributed by atoms with Crippen molar-refractivity contribution in [1.29, 1.82) is 0 Å². The molecule has 298 valence electrons. The molecule has 0 saturated carbocycles. The Kier molecular flexibility index (Phi) is 7.66. The van der Waals surface area contributed by atoms with Gasteiger partial charge in [0, 0.05) is 78.6 Å². The molecule has 0 aliphatic heterocycles. The minimum atomic E-state index is 0.585. The lowest BCUT2D eigenvalue weighted by molar-refractivity contribution is 0.669. The van der Waals surface area contributed by atoms with E-state index in [1.54, 1.807) is 11.3 Å². The SMILES string of the molecule is c1ccc(-c2nc(-c3ccc4c(c3)oc3ccccc34)nc(-c3cc(-n4c5ccccc5c5cc(-c6ccc7sc8ccccc8c7c6)ccc54)c4c(c3)sc3ccccc34)n2)cc1. The molecule has 0 N–H and O–H groups in total. The van der Waals surface area contributed by atoms with Crippen LogP contribution in [0.25, 0.3) is 135 Å². The summed E-state index contributed by atoms with van der Waals surface area (Å²) in [6.45, 7) is 0. The molecule has 7 heteroatoms. The van der Waals surface area contributed by atoms with Gasteiger partial charge in [0.05, 0.1) is 16.7 Å². The monoisotopic (exact) mass is 852 g/mol. The van der Waals surface area contributed by atoms with Gasteiger partial charge in [-0.3, -0.25) is 0 Å². The van der Waals surface area contributed by atoms with Crippen LogP contribution in [0.5, 0.6) is 0 Å². The minimum absolute atomic E-state index is 0.585. The Hall–Kier alpha value is -7.97. The second-order valence-electron chi connectivity index (χ2n) is 16.3. The molecule has 5 heterocycles. The first kappa shape index (κ1) is 35.6. The molecule has 14 rings (SSSR count). The molecule has 0 bridgehead atoms. The van der Waals surface area contributed by atoms with Gasteiger partial charge in [-0.05, 0) is 83.9 Å². The summed E-state index contributed by atoms with van der Waals surface area (Å²) >= 11 is 3.66. The van der Waals surface area contributed by atoms with Gasteiger partial charge in [-0.15, -0.1) is 22.7 Å². The topological polar surface area (TPSA) is 56.7 Å². The minimum Gasteiger partial charge on any atom is -0.456 e. The molecule has 0 saturated heterocycles. The molecule has 0 spiro atoms. The molecule has 0 aliphatic rings. The van der Waals surface area contributed by atoms with E-state index in [9.17, 15) is 0 Å². The lowest BCUT2D eigenvalue weighted by atomic mass is 10.0. The van der Waals surface area contributed by atoms with Crippen molar-refractivity contribution in [2.75, 3.05) is 0 Å². The van der Waals surface area contributed by atoms with Crippen LogP contribution < -0.4 is 0 Å². The molecule has 0 radical (unpaired) electrons. The van der Waals surface area contributed by atoms with Crippen molar-refractivity contribution in [3.05, 3.63) is 194 Å². The third-order valence-corrected chi connectivity index (χ3v) is 14.9. The molecule has 0 unspecified atom stereocenters. The summed E-state index contributed by atoms with van der Waals surface area (Å²) < 4.78 is 13.8. The van der Waals surface area contributed by atoms with E-state index in [2.05, 4.69) is 162 Å². The molecule has 14 aromatic rings. The van der Waals surface area contributed by atoms with Crippen LogP contribution in [-0.2, 0) is 0 Å². The van der Waals surface area contributed by atoms with E-state index >= 15 is 0 Å². The summed E-state index contributed by atoms with van der Waals surface area (Å²) in [5, 5.41) is 9.60. The second-order valence-corrected chi connectivity index (χ2v) is 18.5. The van der Waals surface area contributed by atoms with E-state index in [0.29, 0.717) is 17.5 Å². The molecule has 9 aromatic carbocycles. The highest BCUT2D eigenvalue weighted by molar-refractivity contribution is 7.26. The summed E-state index contributed by atoms with van der Waals surface area (Å²) in [4.78, 5) is 15.6. The normalized spacial score (nSPS) is 12.1. The molecule has 5 nitrogen and oxygen atoms in total. The van der Waals surface area contributed by atoms with Gasteiger partial charge in [0.1, 0.15) is 11.2 Å². The predicted octanol–water partition coefficient (Wildman–Crippen LogP) is 16.3. The first-order valence-electron chi connectivity index (χ1n) is 21.3. The quantitative estimate of drug-likeness (QED) is 0.173. The summed E-state index contributed by atoms with van der Waals surface area (Å²) in [6, 6.07) is 69.2.